The highest BCUT2D eigenvalue weighted by Gasteiger charge is 2.19. The molecule has 32 heavy (non-hydrogen) atoms. The molecule has 1 aromatic carbocycles. The van der Waals surface area contributed by atoms with Crippen molar-refractivity contribution < 1.29 is 14.3 Å². The average Bonchev–Trinajstić information content (AvgIpc) is 2.75. The molecule has 0 aliphatic carbocycles. The van der Waals surface area contributed by atoms with Gasteiger partial charge in [0.1, 0.15) is 11.3 Å². The van der Waals surface area contributed by atoms with Crippen LogP contribution in [0.5, 0.6) is 0 Å². The van der Waals surface area contributed by atoms with Gasteiger partial charge in [-0.1, -0.05) is 24.8 Å². The summed E-state index contributed by atoms with van der Waals surface area (Å²) in [6, 6.07) is 7.32. The number of benzene rings is 1. The van der Waals surface area contributed by atoms with E-state index in [0.717, 1.165) is 11.3 Å². The first-order chi connectivity index (χ1) is 15.1. The summed E-state index contributed by atoms with van der Waals surface area (Å²) in [7, 11) is 1.76. The van der Waals surface area contributed by atoms with E-state index in [0.29, 0.717) is 24.6 Å². The van der Waals surface area contributed by atoms with Crippen LogP contribution >= 0.6 is 0 Å². The Bertz CT molecular complexity index is 943. The SMILES string of the molecule is C=C/C(C)=C1\N=C(C(=O)Nc2ccccc2NCCNC(=O)OC(C)(C)C)C=CN1NC. The fourth-order valence-electron chi connectivity index (χ4n) is 2.71. The molecule has 0 fully saturated rings. The third-order valence-electron chi connectivity index (χ3n) is 4.25. The molecule has 1 aliphatic heterocycles. The van der Waals surface area contributed by atoms with Gasteiger partial charge in [-0.3, -0.25) is 9.80 Å². The van der Waals surface area contributed by atoms with Crippen molar-refractivity contribution in [2.24, 2.45) is 4.99 Å². The largest absolute Gasteiger partial charge is 0.444 e. The van der Waals surface area contributed by atoms with Gasteiger partial charge >= 0.3 is 6.09 Å². The monoisotopic (exact) mass is 440 g/mol. The summed E-state index contributed by atoms with van der Waals surface area (Å²) in [6.45, 7) is 11.9. The highest BCUT2D eigenvalue weighted by molar-refractivity contribution is 6.47. The molecular weight excluding hydrogens is 408 g/mol. The summed E-state index contributed by atoms with van der Waals surface area (Å²) in [5, 5.41) is 10.5. The molecule has 0 atom stereocenters. The number of hydrogen-bond acceptors (Lipinski definition) is 7. The lowest BCUT2D eigenvalue weighted by atomic mass is 10.2. The van der Waals surface area contributed by atoms with Crippen LogP contribution in [0.4, 0.5) is 16.2 Å². The molecule has 0 bridgehead atoms. The van der Waals surface area contributed by atoms with Crippen LogP contribution in [0.15, 0.2) is 65.6 Å². The number of anilines is 2. The summed E-state index contributed by atoms with van der Waals surface area (Å²) < 4.78 is 5.21. The van der Waals surface area contributed by atoms with E-state index in [1.54, 1.807) is 36.5 Å². The number of alkyl carbamates (subject to hydrolysis) is 1. The second-order valence-corrected chi connectivity index (χ2v) is 7.97. The van der Waals surface area contributed by atoms with Crippen LogP contribution in [-0.4, -0.2) is 48.5 Å². The quantitative estimate of drug-likeness (QED) is 0.462. The van der Waals surface area contributed by atoms with Gasteiger partial charge < -0.3 is 20.7 Å². The zero-order chi connectivity index (χ0) is 23.7. The lowest BCUT2D eigenvalue weighted by molar-refractivity contribution is -0.110. The Morgan fingerprint density at radius 3 is 2.50 bits per heavy atom. The topological polar surface area (TPSA) is 107 Å². The molecule has 0 saturated carbocycles. The average molecular weight is 441 g/mol. The van der Waals surface area contributed by atoms with Gasteiger partial charge in [-0.2, -0.15) is 0 Å². The maximum atomic E-state index is 12.8. The Hall–Kier alpha value is -3.59. The summed E-state index contributed by atoms with van der Waals surface area (Å²) in [6.07, 6.45) is 4.57. The molecule has 4 N–H and O–H groups in total. The van der Waals surface area contributed by atoms with E-state index in [1.807, 2.05) is 45.9 Å². The van der Waals surface area contributed by atoms with Crippen LogP contribution in [0.1, 0.15) is 27.7 Å². The molecule has 1 heterocycles. The summed E-state index contributed by atoms with van der Waals surface area (Å²) in [4.78, 5) is 29.0. The molecule has 1 aromatic rings. The van der Waals surface area contributed by atoms with Gasteiger partial charge in [-0.15, -0.1) is 0 Å². The van der Waals surface area contributed by atoms with E-state index >= 15 is 0 Å². The van der Waals surface area contributed by atoms with E-state index in [-0.39, 0.29) is 11.6 Å². The molecule has 0 spiro atoms. The number of carbonyl (C=O) groups is 2. The second kappa shape index (κ2) is 11.1. The van der Waals surface area contributed by atoms with Crippen molar-refractivity contribution in [1.82, 2.24) is 15.8 Å². The minimum Gasteiger partial charge on any atom is -0.444 e. The smallest absolute Gasteiger partial charge is 0.407 e. The third-order valence-corrected chi connectivity index (χ3v) is 4.25. The minimum absolute atomic E-state index is 0.272. The molecule has 0 saturated heterocycles. The number of hydrazine groups is 1. The zero-order valence-electron chi connectivity index (χ0n) is 19.3. The van der Waals surface area contributed by atoms with Crippen LogP contribution < -0.4 is 21.4 Å². The van der Waals surface area contributed by atoms with Gasteiger partial charge in [0.2, 0.25) is 0 Å². The third kappa shape index (κ3) is 7.28. The Morgan fingerprint density at radius 2 is 1.88 bits per heavy atom. The van der Waals surface area contributed by atoms with Gasteiger partial charge in [-0.25, -0.2) is 15.2 Å². The number of carbonyl (C=O) groups excluding carboxylic acids is 2. The number of rotatable bonds is 8. The number of para-hydroxylation sites is 2. The normalized spacial score (nSPS) is 14.9. The molecular formula is C23H32N6O3. The maximum absolute atomic E-state index is 12.8. The molecule has 9 nitrogen and oxygen atoms in total. The summed E-state index contributed by atoms with van der Waals surface area (Å²) in [5.41, 5.74) is 4.87. The van der Waals surface area contributed by atoms with Crippen molar-refractivity contribution in [3.05, 3.63) is 60.6 Å². The van der Waals surface area contributed by atoms with Crippen LogP contribution in [0.3, 0.4) is 0 Å². The summed E-state index contributed by atoms with van der Waals surface area (Å²) in [5.74, 6) is 0.252. The van der Waals surface area contributed by atoms with Crippen molar-refractivity contribution in [3.8, 4) is 0 Å². The van der Waals surface area contributed by atoms with Crippen LogP contribution in [0.2, 0.25) is 0 Å². The number of aliphatic imine (C=N–C) groups is 1. The number of amides is 2. The number of nitrogens with one attached hydrogen (secondary N) is 4. The molecule has 0 unspecified atom stereocenters. The number of ether oxygens (including phenoxy) is 1. The van der Waals surface area contributed by atoms with Crippen molar-refractivity contribution in [3.63, 3.8) is 0 Å². The number of nitrogens with zero attached hydrogens (tertiary/aromatic N) is 2. The first-order valence-corrected chi connectivity index (χ1v) is 10.3. The Kier molecular flexibility index (Phi) is 8.60. The molecule has 2 amide bonds. The Labute approximate surface area is 189 Å². The molecule has 2 rings (SSSR count). The minimum atomic E-state index is -0.547. The van der Waals surface area contributed by atoms with E-state index in [2.05, 4.69) is 32.9 Å². The zero-order valence-corrected chi connectivity index (χ0v) is 19.3. The Balaban J connectivity index is 2.01. The lowest BCUT2D eigenvalue weighted by Crippen LogP contribution is -2.35. The molecule has 9 heteroatoms. The molecule has 0 radical (unpaired) electrons. The summed E-state index contributed by atoms with van der Waals surface area (Å²) >= 11 is 0. The fourth-order valence-corrected chi connectivity index (χ4v) is 2.71. The maximum Gasteiger partial charge on any atom is 0.407 e. The molecule has 1 aliphatic rings. The first kappa shape index (κ1) is 24.7. The lowest BCUT2D eigenvalue weighted by Gasteiger charge is -2.24. The van der Waals surface area contributed by atoms with Crippen molar-refractivity contribution in [2.45, 2.75) is 33.3 Å². The van der Waals surface area contributed by atoms with Crippen molar-refractivity contribution in [2.75, 3.05) is 30.8 Å². The predicted octanol–water partition coefficient (Wildman–Crippen LogP) is 3.38. The van der Waals surface area contributed by atoms with E-state index in [4.69, 9.17) is 4.74 Å². The second-order valence-electron chi connectivity index (χ2n) is 7.97. The molecule has 172 valence electrons. The highest BCUT2D eigenvalue weighted by Crippen LogP contribution is 2.22. The van der Waals surface area contributed by atoms with Gasteiger partial charge in [-0.05, 0) is 51.5 Å². The van der Waals surface area contributed by atoms with Gasteiger partial charge in [0.25, 0.3) is 5.91 Å². The number of allylic oxidation sites excluding steroid dienone is 2. The van der Waals surface area contributed by atoms with Crippen LogP contribution in [-0.2, 0) is 9.53 Å². The first-order valence-electron chi connectivity index (χ1n) is 10.3. The molecule has 0 aromatic heterocycles. The van der Waals surface area contributed by atoms with Gasteiger partial charge in [0, 0.05) is 26.3 Å². The van der Waals surface area contributed by atoms with E-state index < -0.39 is 11.7 Å². The van der Waals surface area contributed by atoms with Crippen molar-refractivity contribution >= 4 is 29.1 Å². The van der Waals surface area contributed by atoms with Crippen LogP contribution in [0, 0.1) is 0 Å². The fraction of sp³-hybridized carbons (Fsp3) is 0.348. The Morgan fingerprint density at radius 1 is 1.19 bits per heavy atom. The van der Waals surface area contributed by atoms with Gasteiger partial charge in [0.15, 0.2) is 5.82 Å². The van der Waals surface area contributed by atoms with Crippen molar-refractivity contribution in [1.29, 1.82) is 0 Å². The van der Waals surface area contributed by atoms with Crippen LogP contribution in [0.25, 0.3) is 0 Å². The standard InChI is InChI=1S/C23H32N6O3/c1-7-16(2)20-27-19(12-15-29(20)24-6)21(30)28-18-11-9-8-10-17(18)25-13-14-26-22(31)32-23(3,4)5/h7-12,15,24-25H,1,13-14H2,2-6H3,(H,26,31)(H,28,30)/b20-16+. The highest BCUT2D eigenvalue weighted by atomic mass is 16.6. The van der Waals surface area contributed by atoms with Gasteiger partial charge in [0.05, 0.1) is 11.4 Å². The van der Waals surface area contributed by atoms with E-state index in [1.165, 1.54) is 0 Å². The predicted molar refractivity (Wildman–Crippen MR) is 128 cm³/mol. The number of hydrogen-bond donors (Lipinski definition) is 4. The van der Waals surface area contributed by atoms with E-state index in [9.17, 15) is 9.59 Å².